The molecule has 1 aromatic heterocycles. The van der Waals surface area contributed by atoms with E-state index in [-0.39, 0.29) is 34.8 Å². The van der Waals surface area contributed by atoms with Crippen molar-refractivity contribution in [2.24, 2.45) is 11.8 Å². The van der Waals surface area contributed by atoms with Crippen LogP contribution in [0.15, 0.2) is 29.8 Å². The van der Waals surface area contributed by atoms with Gasteiger partial charge in [-0.2, -0.15) is 0 Å². The number of anilines is 1. The van der Waals surface area contributed by atoms with Gasteiger partial charge in [-0.15, -0.1) is 0 Å². The van der Waals surface area contributed by atoms with Crippen molar-refractivity contribution in [1.82, 2.24) is 9.88 Å². The standard InChI is InChI=1S/C30H33F4N3O3/c1-5-6-7-19(15(2)3)29(13-30(33,34)14-29)36-28(40)26(38)25-16(4)24(23-11-17-10-22(17)37(23)25)27(39)35-18-8-9-20(31)21(32)12-18/h7-9,12,15,17,22H,5-6,10-11,13-14H2,1-4H3,(H,35,39)(H,36,40)/b19-7+. The van der Waals surface area contributed by atoms with Crippen LogP contribution in [0.25, 0.3) is 0 Å². The van der Waals surface area contributed by atoms with Gasteiger partial charge in [-0.3, -0.25) is 14.4 Å². The van der Waals surface area contributed by atoms with Gasteiger partial charge in [0.05, 0.1) is 16.8 Å². The monoisotopic (exact) mass is 559 g/mol. The van der Waals surface area contributed by atoms with Crippen molar-refractivity contribution < 1.29 is 31.9 Å². The molecule has 6 nitrogen and oxygen atoms in total. The molecule has 2 amide bonds. The zero-order chi connectivity index (χ0) is 29.1. The number of benzene rings is 1. The van der Waals surface area contributed by atoms with E-state index < -0.39 is 53.5 Å². The largest absolute Gasteiger partial charge is 0.339 e. The number of amides is 2. The highest BCUT2D eigenvalue weighted by molar-refractivity contribution is 6.43. The third kappa shape index (κ3) is 4.75. The lowest BCUT2D eigenvalue weighted by atomic mass is 9.65. The van der Waals surface area contributed by atoms with E-state index in [9.17, 15) is 31.9 Å². The summed E-state index contributed by atoms with van der Waals surface area (Å²) in [5.74, 6) is -7.47. The van der Waals surface area contributed by atoms with Crippen molar-refractivity contribution in [3.8, 4) is 0 Å². The lowest BCUT2D eigenvalue weighted by Crippen LogP contribution is -2.65. The Morgan fingerprint density at radius 3 is 2.45 bits per heavy atom. The second-order valence-electron chi connectivity index (χ2n) is 11.7. The van der Waals surface area contributed by atoms with Gasteiger partial charge in [0.2, 0.25) is 0 Å². The van der Waals surface area contributed by atoms with Crippen molar-refractivity contribution in [2.45, 2.75) is 83.7 Å². The van der Waals surface area contributed by atoms with Crippen LogP contribution in [0, 0.1) is 30.4 Å². The third-order valence-corrected chi connectivity index (χ3v) is 8.35. The molecule has 214 valence electrons. The summed E-state index contributed by atoms with van der Waals surface area (Å²) in [5.41, 5.74) is 0.590. The van der Waals surface area contributed by atoms with Crippen LogP contribution in [0.5, 0.6) is 0 Å². The Kier molecular flexibility index (Phi) is 6.95. The summed E-state index contributed by atoms with van der Waals surface area (Å²) in [6.07, 6.45) is 3.54. The summed E-state index contributed by atoms with van der Waals surface area (Å²) in [6, 6.07) is 2.96. The molecule has 1 aromatic carbocycles. The number of alkyl halides is 2. The summed E-state index contributed by atoms with van der Waals surface area (Å²) >= 11 is 0. The molecule has 3 aliphatic rings. The van der Waals surface area contributed by atoms with E-state index in [1.165, 1.54) is 6.07 Å². The van der Waals surface area contributed by atoms with Gasteiger partial charge in [-0.05, 0) is 61.3 Å². The number of Topliss-reactive ketones (excluding diaryl/α,β-unsaturated/α-hetero) is 1. The van der Waals surface area contributed by atoms with Crippen LogP contribution in [0.3, 0.4) is 0 Å². The first-order valence-corrected chi connectivity index (χ1v) is 13.7. The number of hydrogen-bond acceptors (Lipinski definition) is 3. The first-order chi connectivity index (χ1) is 18.8. The molecule has 2 heterocycles. The lowest BCUT2D eigenvalue weighted by Gasteiger charge is -2.50. The van der Waals surface area contributed by atoms with Gasteiger partial charge in [0.15, 0.2) is 11.6 Å². The number of carbonyl (C=O) groups is 3. The summed E-state index contributed by atoms with van der Waals surface area (Å²) in [4.78, 5) is 40.4. The molecule has 2 saturated carbocycles. The highest BCUT2D eigenvalue weighted by Gasteiger charge is 2.60. The highest BCUT2D eigenvalue weighted by atomic mass is 19.3. The van der Waals surface area contributed by atoms with Gasteiger partial charge >= 0.3 is 0 Å². The van der Waals surface area contributed by atoms with Gasteiger partial charge in [0.1, 0.15) is 0 Å². The molecule has 0 radical (unpaired) electrons. The van der Waals surface area contributed by atoms with E-state index in [1.54, 1.807) is 11.5 Å². The van der Waals surface area contributed by atoms with E-state index >= 15 is 0 Å². The second kappa shape index (κ2) is 9.89. The molecule has 0 spiro atoms. The van der Waals surface area contributed by atoms with Crippen molar-refractivity contribution >= 4 is 23.3 Å². The summed E-state index contributed by atoms with van der Waals surface area (Å²) < 4.78 is 57.2. The van der Waals surface area contributed by atoms with Crippen molar-refractivity contribution in [1.29, 1.82) is 0 Å². The number of aromatic nitrogens is 1. The number of allylic oxidation sites excluding steroid dienone is 1. The number of fused-ring (bicyclic) bond motifs is 3. The molecule has 2 N–H and O–H groups in total. The van der Waals surface area contributed by atoms with Gasteiger partial charge in [-0.1, -0.05) is 33.3 Å². The average Bonchev–Trinajstić information content (AvgIpc) is 3.42. The van der Waals surface area contributed by atoms with E-state index in [1.807, 2.05) is 26.8 Å². The maximum Gasteiger partial charge on any atom is 0.294 e. The zero-order valence-electron chi connectivity index (χ0n) is 23.0. The van der Waals surface area contributed by atoms with E-state index in [2.05, 4.69) is 10.6 Å². The predicted molar refractivity (Wildman–Crippen MR) is 142 cm³/mol. The lowest BCUT2D eigenvalue weighted by molar-refractivity contribution is -0.138. The molecule has 10 heteroatoms. The van der Waals surface area contributed by atoms with Crippen molar-refractivity contribution in [3.05, 3.63) is 64.0 Å². The SMILES string of the molecule is CCC/C=C(\C(C)C)C1(NC(=O)C(=O)c2c(C)c(C(=O)Nc3ccc(F)c(F)c3)c3n2C2CC2C3)CC(F)(F)C1. The molecule has 2 fully saturated rings. The minimum atomic E-state index is -2.95. The van der Waals surface area contributed by atoms with Gasteiger partial charge in [0, 0.05) is 36.3 Å². The van der Waals surface area contributed by atoms with Gasteiger partial charge < -0.3 is 15.2 Å². The van der Waals surface area contributed by atoms with Crippen LogP contribution in [0.4, 0.5) is 23.2 Å². The first kappa shape index (κ1) is 28.1. The Hall–Kier alpha value is -3.43. The maximum absolute atomic E-state index is 14.2. The van der Waals surface area contributed by atoms with Crippen LogP contribution in [-0.2, 0) is 11.2 Å². The molecule has 40 heavy (non-hydrogen) atoms. The summed E-state index contributed by atoms with van der Waals surface area (Å²) in [5, 5.41) is 5.24. The van der Waals surface area contributed by atoms with Crippen LogP contribution in [0.2, 0.25) is 0 Å². The molecule has 2 atom stereocenters. The van der Waals surface area contributed by atoms with E-state index in [0.717, 1.165) is 25.0 Å². The summed E-state index contributed by atoms with van der Waals surface area (Å²) in [7, 11) is 0. The molecule has 2 aromatic rings. The quantitative estimate of drug-likeness (QED) is 0.164. The number of nitrogens with zero attached hydrogens (tertiary/aromatic N) is 1. The Morgan fingerprint density at radius 1 is 1.15 bits per heavy atom. The van der Waals surface area contributed by atoms with Gasteiger partial charge in [0.25, 0.3) is 23.5 Å². The maximum atomic E-state index is 14.2. The Balaban J connectivity index is 1.46. The Labute approximate surface area is 230 Å². The van der Waals surface area contributed by atoms with Gasteiger partial charge in [-0.25, -0.2) is 17.6 Å². The second-order valence-corrected chi connectivity index (χ2v) is 11.7. The first-order valence-electron chi connectivity index (χ1n) is 13.7. The van der Waals surface area contributed by atoms with Crippen molar-refractivity contribution in [3.63, 3.8) is 0 Å². The normalized spacial score (nSPS) is 21.9. The molecule has 2 unspecified atom stereocenters. The zero-order valence-corrected chi connectivity index (χ0v) is 23.0. The summed E-state index contributed by atoms with van der Waals surface area (Å²) in [6.45, 7) is 7.29. The minimum Gasteiger partial charge on any atom is -0.339 e. The highest BCUT2D eigenvalue weighted by Crippen LogP contribution is 2.55. The number of nitrogens with one attached hydrogen (secondary N) is 2. The number of hydrogen-bond donors (Lipinski definition) is 2. The van der Waals surface area contributed by atoms with Crippen molar-refractivity contribution in [2.75, 3.05) is 5.32 Å². The Morgan fingerprint density at radius 2 is 1.85 bits per heavy atom. The molecule has 5 rings (SSSR count). The van der Waals surface area contributed by atoms with Crippen LogP contribution in [-0.4, -0.2) is 33.6 Å². The van der Waals surface area contributed by atoms with Crippen LogP contribution >= 0.6 is 0 Å². The van der Waals surface area contributed by atoms with Crippen LogP contribution in [0.1, 0.15) is 91.0 Å². The molecular weight excluding hydrogens is 526 g/mol. The third-order valence-electron chi connectivity index (χ3n) is 8.35. The fraction of sp³-hybridized carbons (Fsp3) is 0.500. The number of ketones is 1. The topological polar surface area (TPSA) is 80.2 Å². The number of halogens is 4. The molecule has 2 aliphatic carbocycles. The van der Waals surface area contributed by atoms with E-state index in [4.69, 9.17) is 0 Å². The number of rotatable bonds is 9. The van der Waals surface area contributed by atoms with Crippen LogP contribution < -0.4 is 10.6 Å². The smallest absolute Gasteiger partial charge is 0.294 e. The average molecular weight is 560 g/mol. The molecule has 0 bridgehead atoms. The number of unbranched alkanes of at least 4 members (excludes halogenated alkanes) is 1. The molecule has 1 aliphatic heterocycles. The fourth-order valence-corrected chi connectivity index (χ4v) is 6.56. The minimum absolute atomic E-state index is 0.0251. The predicted octanol–water partition coefficient (Wildman–Crippen LogP) is 6.29. The molecular formula is C30H33F4N3O3. The number of carbonyl (C=O) groups excluding carboxylic acids is 3. The Bertz CT molecular complexity index is 1430. The molecule has 0 saturated heterocycles. The van der Waals surface area contributed by atoms with E-state index in [0.29, 0.717) is 29.7 Å². The fourth-order valence-electron chi connectivity index (χ4n) is 6.56.